The molecule has 0 spiro atoms. The molecule has 0 amide bonds. The molecule has 2 aromatic heterocycles. The molecule has 0 bridgehead atoms. The summed E-state index contributed by atoms with van der Waals surface area (Å²) in [4.78, 5) is 24.2. The van der Waals surface area contributed by atoms with E-state index in [4.69, 9.17) is 23.8 Å². The molecule has 0 aliphatic heterocycles. The highest BCUT2D eigenvalue weighted by molar-refractivity contribution is 5.93. The number of aliphatic hydroxyl groups is 2. The number of hydrogen-bond acceptors (Lipinski definition) is 7. The maximum atomic E-state index is 12.1. The SMILES string of the molecule is O=C(CCCCCCCCC=CCCCCCCCCOCCCCCCCCC=CCCCCCCCCC(=O)c1ccc(CO)o1)c1ccc(CO)o1. The molecule has 0 atom stereocenters. The van der Waals surface area contributed by atoms with Crippen LogP contribution in [0, 0.1) is 0 Å². The third kappa shape index (κ3) is 27.5. The fourth-order valence-electron chi connectivity index (χ4n) is 6.90. The van der Waals surface area contributed by atoms with E-state index in [-0.39, 0.29) is 24.8 Å². The summed E-state index contributed by atoms with van der Waals surface area (Å²) in [6.45, 7) is 1.53. The van der Waals surface area contributed by atoms with Crippen LogP contribution in [0.15, 0.2) is 57.4 Å². The molecule has 312 valence electrons. The van der Waals surface area contributed by atoms with Crippen LogP contribution in [-0.2, 0) is 18.0 Å². The van der Waals surface area contributed by atoms with Gasteiger partial charge in [0.1, 0.15) is 24.7 Å². The Balaban J connectivity index is 1.18. The summed E-state index contributed by atoms with van der Waals surface area (Å²) in [5.74, 6) is 1.73. The molecule has 0 unspecified atom stereocenters. The van der Waals surface area contributed by atoms with Crippen LogP contribution in [0.2, 0.25) is 0 Å². The number of allylic oxidation sites excluding steroid dienone is 4. The maximum Gasteiger partial charge on any atom is 0.197 e. The minimum atomic E-state index is -0.161. The van der Waals surface area contributed by atoms with E-state index >= 15 is 0 Å². The first-order valence-corrected chi connectivity index (χ1v) is 22.5. The van der Waals surface area contributed by atoms with Crippen molar-refractivity contribution in [1.29, 1.82) is 0 Å². The molecule has 0 aliphatic rings. The van der Waals surface area contributed by atoms with Crippen LogP contribution in [0.3, 0.4) is 0 Å². The van der Waals surface area contributed by atoms with Crippen molar-refractivity contribution < 1.29 is 33.4 Å². The second-order valence-corrected chi connectivity index (χ2v) is 15.4. The average Bonchev–Trinajstić information content (AvgIpc) is 3.90. The van der Waals surface area contributed by atoms with Gasteiger partial charge in [-0.1, -0.05) is 127 Å². The zero-order chi connectivity index (χ0) is 39.3. The van der Waals surface area contributed by atoms with Crippen molar-refractivity contribution in [2.75, 3.05) is 13.2 Å². The van der Waals surface area contributed by atoms with Crippen molar-refractivity contribution in [2.45, 2.75) is 206 Å². The second kappa shape index (κ2) is 35.7. The van der Waals surface area contributed by atoms with E-state index in [0.717, 1.165) is 38.9 Å². The minimum Gasteiger partial charge on any atom is -0.456 e. The molecule has 55 heavy (non-hydrogen) atoms. The summed E-state index contributed by atoms with van der Waals surface area (Å²) >= 11 is 0. The van der Waals surface area contributed by atoms with E-state index < -0.39 is 0 Å². The minimum absolute atomic E-state index is 0.0390. The number of Topliss-reactive ketones (excluding diaryl/α,β-unsaturated/α-hetero) is 2. The Bertz CT molecular complexity index is 1140. The fraction of sp³-hybridized carbons (Fsp3) is 0.708. The second-order valence-electron chi connectivity index (χ2n) is 15.4. The standard InChI is InChI=1S/C48H78O7/c49-41-43-35-37-47(54-43)45(51)33-29-25-21-17-13-9-5-1-3-7-11-15-19-23-27-31-39-53-40-32-28-24-20-16-12-8-4-2-6-10-14-18-22-26-30-34-46(52)48-38-36-44(42-50)55-48/h1-4,35-38,49-50H,5-34,39-42H2. The normalized spacial score (nSPS) is 11.8. The Morgan fingerprint density at radius 2 is 0.709 bits per heavy atom. The lowest BCUT2D eigenvalue weighted by molar-refractivity contribution is 0.0940. The summed E-state index contributed by atoms with van der Waals surface area (Å²) in [5.41, 5.74) is 0. The van der Waals surface area contributed by atoms with Gasteiger partial charge < -0.3 is 23.8 Å². The molecule has 2 aromatic rings. The monoisotopic (exact) mass is 767 g/mol. The van der Waals surface area contributed by atoms with Gasteiger partial charge in [-0.2, -0.15) is 0 Å². The molecule has 0 saturated carbocycles. The Hall–Kier alpha value is -2.74. The molecule has 2 heterocycles. The van der Waals surface area contributed by atoms with Gasteiger partial charge in [-0.05, 0) is 101 Å². The Kier molecular flexibility index (Phi) is 31.4. The number of furan rings is 2. The van der Waals surface area contributed by atoms with Gasteiger partial charge in [-0.15, -0.1) is 0 Å². The van der Waals surface area contributed by atoms with E-state index in [1.807, 2.05) is 0 Å². The molecule has 7 nitrogen and oxygen atoms in total. The molecule has 2 N–H and O–H groups in total. The first kappa shape index (κ1) is 48.4. The molecular weight excluding hydrogens is 689 g/mol. The highest BCUT2D eigenvalue weighted by Crippen LogP contribution is 2.17. The van der Waals surface area contributed by atoms with Gasteiger partial charge in [0.05, 0.1) is 0 Å². The topological polar surface area (TPSA) is 110 Å². The van der Waals surface area contributed by atoms with Crippen molar-refractivity contribution in [3.05, 3.63) is 71.6 Å². The molecule has 0 saturated heterocycles. The van der Waals surface area contributed by atoms with Crippen LogP contribution in [-0.4, -0.2) is 35.0 Å². The van der Waals surface area contributed by atoms with Crippen LogP contribution in [0.5, 0.6) is 0 Å². The zero-order valence-electron chi connectivity index (χ0n) is 34.6. The number of rotatable bonds is 40. The summed E-state index contributed by atoms with van der Waals surface area (Å²) in [7, 11) is 0. The molecular formula is C48H78O7. The van der Waals surface area contributed by atoms with Crippen molar-refractivity contribution in [1.82, 2.24) is 0 Å². The van der Waals surface area contributed by atoms with Gasteiger partial charge >= 0.3 is 0 Å². The molecule has 0 aliphatic carbocycles. The van der Waals surface area contributed by atoms with Crippen LogP contribution >= 0.6 is 0 Å². The third-order valence-corrected chi connectivity index (χ3v) is 10.4. The van der Waals surface area contributed by atoms with Gasteiger partial charge in [0.2, 0.25) is 0 Å². The largest absolute Gasteiger partial charge is 0.456 e. The number of carbonyl (C=O) groups is 2. The van der Waals surface area contributed by atoms with Gasteiger partial charge in [0.15, 0.2) is 23.1 Å². The third-order valence-electron chi connectivity index (χ3n) is 10.4. The number of unbranched alkanes of at least 4 members (excludes halogenated alkanes) is 24. The van der Waals surface area contributed by atoms with Gasteiger partial charge in [0, 0.05) is 26.1 Å². The smallest absolute Gasteiger partial charge is 0.197 e. The van der Waals surface area contributed by atoms with Gasteiger partial charge in [-0.25, -0.2) is 0 Å². The predicted molar refractivity (Wildman–Crippen MR) is 226 cm³/mol. The number of hydrogen-bond donors (Lipinski definition) is 2. The highest BCUT2D eigenvalue weighted by Gasteiger charge is 2.11. The Morgan fingerprint density at radius 1 is 0.418 bits per heavy atom. The summed E-state index contributed by atoms with van der Waals surface area (Å²) in [6, 6.07) is 6.65. The van der Waals surface area contributed by atoms with E-state index in [1.165, 1.54) is 154 Å². The van der Waals surface area contributed by atoms with Crippen LogP contribution < -0.4 is 0 Å². The van der Waals surface area contributed by atoms with E-state index in [9.17, 15) is 9.59 Å². The molecule has 7 heteroatoms. The Morgan fingerprint density at radius 3 is 1.02 bits per heavy atom. The lowest BCUT2D eigenvalue weighted by Gasteiger charge is -2.05. The molecule has 2 rings (SSSR count). The average molecular weight is 767 g/mol. The van der Waals surface area contributed by atoms with Crippen molar-refractivity contribution in [3.63, 3.8) is 0 Å². The number of carbonyl (C=O) groups excluding carboxylic acids is 2. The van der Waals surface area contributed by atoms with Crippen molar-refractivity contribution in [3.8, 4) is 0 Å². The summed E-state index contributed by atoms with van der Waals surface area (Å²) < 4.78 is 16.5. The fourth-order valence-corrected chi connectivity index (χ4v) is 6.90. The van der Waals surface area contributed by atoms with Gasteiger partial charge in [0.25, 0.3) is 0 Å². The molecule has 0 radical (unpaired) electrons. The summed E-state index contributed by atoms with van der Waals surface area (Å²) in [6.07, 6.45) is 44.8. The first-order chi connectivity index (χ1) is 27.1. The number of ketones is 2. The van der Waals surface area contributed by atoms with E-state index in [1.54, 1.807) is 24.3 Å². The van der Waals surface area contributed by atoms with E-state index in [2.05, 4.69) is 24.3 Å². The lowest BCUT2D eigenvalue weighted by Crippen LogP contribution is -1.97. The Labute approximate surface area is 334 Å². The zero-order valence-corrected chi connectivity index (χ0v) is 34.6. The summed E-state index contributed by atoms with van der Waals surface area (Å²) in [5, 5.41) is 18.1. The van der Waals surface area contributed by atoms with Crippen LogP contribution in [0.1, 0.15) is 225 Å². The molecule has 0 fully saturated rings. The van der Waals surface area contributed by atoms with Crippen LogP contribution in [0.4, 0.5) is 0 Å². The van der Waals surface area contributed by atoms with E-state index in [0.29, 0.717) is 35.9 Å². The lowest BCUT2D eigenvalue weighted by atomic mass is 10.1. The molecule has 0 aromatic carbocycles. The van der Waals surface area contributed by atoms with Crippen LogP contribution in [0.25, 0.3) is 0 Å². The number of ether oxygens (including phenoxy) is 1. The van der Waals surface area contributed by atoms with Gasteiger partial charge in [-0.3, -0.25) is 9.59 Å². The van der Waals surface area contributed by atoms with Crippen molar-refractivity contribution in [2.24, 2.45) is 0 Å². The van der Waals surface area contributed by atoms with Crippen molar-refractivity contribution >= 4 is 11.6 Å². The maximum absolute atomic E-state index is 12.1. The first-order valence-electron chi connectivity index (χ1n) is 22.5. The quantitative estimate of drug-likeness (QED) is 0.0395. The number of aliphatic hydroxyl groups excluding tert-OH is 2. The highest BCUT2D eigenvalue weighted by atomic mass is 16.5. The predicted octanol–water partition coefficient (Wildman–Crippen LogP) is 13.8.